The molecule has 8 nitrogen and oxygen atoms in total. The van der Waals surface area contributed by atoms with E-state index in [0.717, 1.165) is 0 Å². The van der Waals surface area contributed by atoms with Gasteiger partial charge in [0, 0.05) is 6.42 Å². The van der Waals surface area contributed by atoms with Crippen LogP contribution >= 0.6 is 0 Å². The van der Waals surface area contributed by atoms with E-state index in [0.29, 0.717) is 25.7 Å². The normalized spacial score (nSPS) is 25.2. The van der Waals surface area contributed by atoms with Crippen molar-refractivity contribution in [2.45, 2.75) is 64.6 Å². The van der Waals surface area contributed by atoms with Crippen LogP contribution < -0.4 is 0 Å². The average Bonchev–Trinajstić information content (AvgIpc) is 2.93. The summed E-state index contributed by atoms with van der Waals surface area (Å²) in [5.41, 5.74) is 0. The summed E-state index contributed by atoms with van der Waals surface area (Å²) in [7, 11) is 0. The molecule has 2 rings (SSSR count). The van der Waals surface area contributed by atoms with E-state index in [-0.39, 0.29) is 55.9 Å². The van der Waals surface area contributed by atoms with Gasteiger partial charge in [0.1, 0.15) is 25.4 Å². The lowest BCUT2D eigenvalue weighted by molar-refractivity contribution is -0.162. The fourth-order valence-corrected chi connectivity index (χ4v) is 2.93. The molecule has 2 aliphatic rings. The van der Waals surface area contributed by atoms with E-state index in [1.807, 2.05) is 6.92 Å². The maximum Gasteiger partial charge on any atom is 0.309 e. The van der Waals surface area contributed by atoms with Crippen molar-refractivity contribution in [1.29, 1.82) is 0 Å². The summed E-state index contributed by atoms with van der Waals surface area (Å²) in [6.45, 7) is 3.60. The molecular formula is C18H26O8. The highest BCUT2D eigenvalue weighted by atomic mass is 16.6. The molecule has 4 unspecified atom stereocenters. The second-order valence-corrected chi connectivity index (χ2v) is 6.71. The highest BCUT2D eigenvalue weighted by Gasteiger charge is 2.44. The molecule has 1 heterocycles. The van der Waals surface area contributed by atoms with Crippen molar-refractivity contribution < 1.29 is 38.1 Å². The Morgan fingerprint density at radius 1 is 1.12 bits per heavy atom. The van der Waals surface area contributed by atoms with Gasteiger partial charge in [0.15, 0.2) is 0 Å². The minimum Gasteiger partial charge on any atom is -0.462 e. The number of hydrogen-bond donors (Lipinski definition) is 0. The van der Waals surface area contributed by atoms with Gasteiger partial charge >= 0.3 is 23.9 Å². The zero-order chi connectivity index (χ0) is 19.1. The van der Waals surface area contributed by atoms with Crippen LogP contribution in [0, 0.1) is 11.8 Å². The van der Waals surface area contributed by atoms with Crippen molar-refractivity contribution in [2.24, 2.45) is 11.8 Å². The molecule has 1 aliphatic heterocycles. The molecule has 8 heteroatoms. The van der Waals surface area contributed by atoms with Crippen molar-refractivity contribution in [1.82, 2.24) is 0 Å². The monoisotopic (exact) mass is 370 g/mol. The molecule has 0 aromatic heterocycles. The van der Waals surface area contributed by atoms with E-state index >= 15 is 0 Å². The lowest BCUT2D eigenvalue weighted by atomic mass is 9.88. The summed E-state index contributed by atoms with van der Waals surface area (Å²) in [5, 5.41) is 0. The lowest BCUT2D eigenvalue weighted by Gasteiger charge is -2.25. The number of esters is 4. The molecular weight excluding hydrogens is 344 g/mol. The Hall–Kier alpha value is -2.12. The van der Waals surface area contributed by atoms with Gasteiger partial charge in [-0.25, -0.2) is 0 Å². The number of rotatable bonds is 9. The SMILES string of the molecule is CCC(C)C(=O)OCCOC(=O)CCC(=O)OC1CCC2CC1OC2=O. The van der Waals surface area contributed by atoms with Gasteiger partial charge < -0.3 is 18.9 Å². The highest BCUT2D eigenvalue weighted by molar-refractivity contribution is 5.78. The highest BCUT2D eigenvalue weighted by Crippen LogP contribution is 2.35. The summed E-state index contributed by atoms with van der Waals surface area (Å²) in [6, 6.07) is 0. The van der Waals surface area contributed by atoms with Crippen LogP contribution in [0.15, 0.2) is 0 Å². The second-order valence-electron chi connectivity index (χ2n) is 6.71. The summed E-state index contributed by atoms with van der Waals surface area (Å²) in [4.78, 5) is 46.4. The summed E-state index contributed by atoms with van der Waals surface area (Å²) < 4.78 is 20.4. The summed E-state index contributed by atoms with van der Waals surface area (Å²) >= 11 is 0. The molecule has 0 aromatic rings. The molecule has 0 aromatic carbocycles. The Balaban J connectivity index is 1.57. The molecule has 1 saturated heterocycles. The van der Waals surface area contributed by atoms with Gasteiger partial charge in [-0.3, -0.25) is 19.2 Å². The smallest absolute Gasteiger partial charge is 0.309 e. The quantitative estimate of drug-likeness (QED) is 0.342. The van der Waals surface area contributed by atoms with Crippen LogP contribution in [0.5, 0.6) is 0 Å². The van der Waals surface area contributed by atoms with Crippen LogP contribution in [0.4, 0.5) is 0 Å². The van der Waals surface area contributed by atoms with Gasteiger partial charge in [0.2, 0.25) is 0 Å². The van der Waals surface area contributed by atoms with Crippen LogP contribution in [-0.2, 0) is 38.1 Å². The van der Waals surface area contributed by atoms with E-state index < -0.39 is 18.0 Å². The Morgan fingerprint density at radius 2 is 1.81 bits per heavy atom. The third-order valence-corrected chi connectivity index (χ3v) is 4.75. The number of carbonyl (C=O) groups is 4. The predicted octanol–water partition coefficient (Wildman–Crippen LogP) is 1.54. The molecule has 0 spiro atoms. The van der Waals surface area contributed by atoms with Crippen molar-refractivity contribution >= 4 is 23.9 Å². The topological polar surface area (TPSA) is 105 Å². The molecule has 2 bridgehead atoms. The summed E-state index contributed by atoms with van der Waals surface area (Å²) in [5.74, 6) is -1.87. The molecule has 4 atom stereocenters. The van der Waals surface area contributed by atoms with Gasteiger partial charge in [0.25, 0.3) is 0 Å². The first-order chi connectivity index (χ1) is 12.4. The minimum atomic E-state index is -0.558. The van der Waals surface area contributed by atoms with Crippen LogP contribution in [-0.4, -0.2) is 49.3 Å². The molecule has 146 valence electrons. The molecule has 1 saturated carbocycles. The van der Waals surface area contributed by atoms with Gasteiger partial charge in [-0.05, 0) is 19.3 Å². The van der Waals surface area contributed by atoms with Gasteiger partial charge in [-0.1, -0.05) is 13.8 Å². The average molecular weight is 370 g/mol. The minimum absolute atomic E-state index is 0.00432. The van der Waals surface area contributed by atoms with Gasteiger partial charge in [0.05, 0.1) is 24.7 Å². The van der Waals surface area contributed by atoms with Gasteiger partial charge in [-0.2, -0.15) is 0 Å². The fourth-order valence-electron chi connectivity index (χ4n) is 2.93. The van der Waals surface area contributed by atoms with Crippen LogP contribution in [0.2, 0.25) is 0 Å². The zero-order valence-electron chi connectivity index (χ0n) is 15.2. The van der Waals surface area contributed by atoms with Gasteiger partial charge in [-0.15, -0.1) is 0 Å². The molecule has 0 radical (unpaired) electrons. The maximum absolute atomic E-state index is 11.9. The Labute approximate surface area is 152 Å². The first kappa shape index (κ1) is 20.2. The molecule has 0 amide bonds. The lowest BCUT2D eigenvalue weighted by Crippen LogP contribution is -2.33. The van der Waals surface area contributed by atoms with Crippen molar-refractivity contribution in [2.75, 3.05) is 13.2 Å². The molecule has 1 aliphatic carbocycles. The largest absolute Gasteiger partial charge is 0.462 e. The van der Waals surface area contributed by atoms with Crippen molar-refractivity contribution in [3.05, 3.63) is 0 Å². The molecule has 2 fully saturated rings. The second kappa shape index (κ2) is 9.54. The van der Waals surface area contributed by atoms with E-state index in [2.05, 4.69) is 0 Å². The van der Waals surface area contributed by atoms with E-state index in [4.69, 9.17) is 18.9 Å². The standard InChI is InChI=1S/C18H26O8/c1-3-11(2)17(21)24-9-8-23-15(19)6-7-16(20)25-13-5-4-12-10-14(13)26-18(12)22/h11-14H,3-10H2,1-2H3. The van der Waals surface area contributed by atoms with Crippen molar-refractivity contribution in [3.63, 3.8) is 0 Å². The molecule has 0 N–H and O–H groups in total. The number of fused-ring (bicyclic) bond motifs is 2. The predicted molar refractivity (Wildman–Crippen MR) is 87.7 cm³/mol. The number of ether oxygens (including phenoxy) is 4. The van der Waals surface area contributed by atoms with E-state index in [1.54, 1.807) is 6.92 Å². The first-order valence-electron chi connectivity index (χ1n) is 9.13. The first-order valence-corrected chi connectivity index (χ1v) is 9.13. The fraction of sp³-hybridized carbons (Fsp3) is 0.778. The van der Waals surface area contributed by atoms with Crippen molar-refractivity contribution in [3.8, 4) is 0 Å². The van der Waals surface area contributed by atoms with Crippen LogP contribution in [0.1, 0.15) is 52.4 Å². The van der Waals surface area contributed by atoms with E-state index in [1.165, 1.54) is 0 Å². The Kier molecular flexibility index (Phi) is 7.41. The third kappa shape index (κ3) is 5.71. The van der Waals surface area contributed by atoms with E-state index in [9.17, 15) is 19.2 Å². The Morgan fingerprint density at radius 3 is 2.54 bits per heavy atom. The third-order valence-electron chi connectivity index (χ3n) is 4.75. The number of carbonyl (C=O) groups excluding carboxylic acids is 4. The maximum atomic E-state index is 11.9. The van der Waals surface area contributed by atoms with Crippen LogP contribution in [0.3, 0.4) is 0 Å². The number of hydrogen-bond acceptors (Lipinski definition) is 8. The zero-order valence-corrected chi connectivity index (χ0v) is 15.2. The molecule has 26 heavy (non-hydrogen) atoms. The van der Waals surface area contributed by atoms with Crippen LogP contribution in [0.25, 0.3) is 0 Å². The summed E-state index contributed by atoms with van der Waals surface area (Å²) in [6.07, 6.45) is 1.52. The Bertz CT molecular complexity index is 543.